The van der Waals surface area contributed by atoms with Gasteiger partial charge in [-0.2, -0.15) is 9.59 Å². The molecule has 0 spiro atoms. The van der Waals surface area contributed by atoms with E-state index in [1.807, 2.05) is 66.7 Å². The van der Waals surface area contributed by atoms with E-state index in [9.17, 15) is 13.2 Å². The first-order valence-corrected chi connectivity index (χ1v) is 14.4. The van der Waals surface area contributed by atoms with Gasteiger partial charge in [0.2, 0.25) is 0 Å². The highest BCUT2D eigenvalue weighted by atomic mass is 32.2. The first kappa shape index (κ1) is 30.8. The number of carbonyl (C=O) groups is 1. The molecule has 0 saturated heterocycles. The van der Waals surface area contributed by atoms with Gasteiger partial charge in [0.05, 0.1) is 25.5 Å². The Kier molecular flexibility index (Phi) is 11.4. The van der Waals surface area contributed by atoms with Gasteiger partial charge in [0.1, 0.15) is 16.4 Å². The van der Waals surface area contributed by atoms with Crippen molar-refractivity contribution in [2.45, 2.75) is 23.5 Å². The average molecular weight is 574 g/mol. The summed E-state index contributed by atoms with van der Waals surface area (Å²) in [4.78, 5) is 28.9. The molecule has 1 N–H and O–H groups in total. The van der Waals surface area contributed by atoms with Crippen molar-refractivity contribution >= 4 is 21.9 Å². The predicted octanol–water partition coefficient (Wildman–Crippen LogP) is 5.12. The van der Waals surface area contributed by atoms with Crippen molar-refractivity contribution in [3.8, 4) is 22.6 Å². The maximum atomic E-state index is 13.5. The molecule has 0 aliphatic carbocycles. The Morgan fingerprint density at radius 2 is 1.41 bits per heavy atom. The Bertz CT molecular complexity index is 1600. The van der Waals surface area contributed by atoms with Crippen LogP contribution in [0.2, 0.25) is 0 Å². The van der Waals surface area contributed by atoms with Gasteiger partial charge in [0.15, 0.2) is 9.84 Å². The van der Waals surface area contributed by atoms with Crippen molar-refractivity contribution < 1.29 is 32.3 Å². The van der Waals surface area contributed by atoms with E-state index in [4.69, 9.17) is 19.1 Å². The molecule has 0 aliphatic rings. The summed E-state index contributed by atoms with van der Waals surface area (Å²) in [6, 6.07) is 29.5. The quantitative estimate of drug-likeness (QED) is 0.248. The van der Waals surface area contributed by atoms with Crippen molar-refractivity contribution in [3.05, 3.63) is 114 Å². The van der Waals surface area contributed by atoms with E-state index in [1.165, 1.54) is 14.2 Å². The summed E-state index contributed by atoms with van der Waals surface area (Å²) in [5.74, 6) is 0.533. The summed E-state index contributed by atoms with van der Waals surface area (Å²) in [6.07, 6.45) is 1.66. The number of amides is 1. The first-order valence-electron chi connectivity index (χ1n) is 12.8. The second-order valence-electron chi connectivity index (χ2n) is 8.95. The zero-order valence-corrected chi connectivity index (χ0v) is 23.6. The maximum Gasteiger partial charge on any atom is 0.373 e. The summed E-state index contributed by atoms with van der Waals surface area (Å²) in [6.45, 7) is 0.489. The average Bonchev–Trinajstić information content (AvgIpc) is 2.99. The van der Waals surface area contributed by atoms with Crippen LogP contribution in [0.4, 0.5) is 0 Å². The van der Waals surface area contributed by atoms with Gasteiger partial charge < -0.3 is 14.8 Å². The summed E-state index contributed by atoms with van der Waals surface area (Å²) in [7, 11) is -0.658. The van der Waals surface area contributed by atoms with Gasteiger partial charge in [-0.3, -0.25) is 4.79 Å². The van der Waals surface area contributed by atoms with Crippen LogP contribution in [0.3, 0.4) is 0 Å². The molecule has 0 aliphatic heterocycles. The number of hydrogen-bond donors (Lipinski definition) is 1. The van der Waals surface area contributed by atoms with E-state index in [0.717, 1.165) is 16.7 Å². The SMILES string of the molecule is COc1ccccc1C(=O)NCCCc1cccc(CS(=O)(=O)c2cc(-c3ccccc3)ccc2OC)c1.O=C=O. The van der Waals surface area contributed by atoms with Crippen molar-refractivity contribution in [1.29, 1.82) is 0 Å². The zero-order chi connectivity index (χ0) is 29.7. The van der Waals surface area contributed by atoms with Gasteiger partial charge in [-0.25, -0.2) is 8.42 Å². The normalized spacial score (nSPS) is 10.5. The van der Waals surface area contributed by atoms with Crippen LogP contribution in [0.25, 0.3) is 11.1 Å². The Hall–Kier alpha value is -4.72. The Balaban J connectivity index is 0.00000147. The van der Waals surface area contributed by atoms with Crippen LogP contribution >= 0.6 is 0 Å². The van der Waals surface area contributed by atoms with Crippen LogP contribution in [-0.2, 0) is 31.6 Å². The smallest absolute Gasteiger partial charge is 0.373 e. The summed E-state index contributed by atoms with van der Waals surface area (Å²) >= 11 is 0. The van der Waals surface area contributed by atoms with Crippen molar-refractivity contribution in [2.24, 2.45) is 0 Å². The molecule has 41 heavy (non-hydrogen) atoms. The third-order valence-corrected chi connectivity index (χ3v) is 7.94. The monoisotopic (exact) mass is 573 g/mol. The molecule has 0 aromatic heterocycles. The number of nitrogens with one attached hydrogen (secondary N) is 1. The number of ether oxygens (including phenoxy) is 2. The van der Waals surface area contributed by atoms with Gasteiger partial charge in [0, 0.05) is 6.54 Å². The topological polar surface area (TPSA) is 116 Å². The second kappa shape index (κ2) is 15.2. The van der Waals surface area contributed by atoms with Gasteiger partial charge in [-0.05, 0) is 59.4 Å². The van der Waals surface area contributed by atoms with E-state index in [-0.39, 0.29) is 22.7 Å². The summed E-state index contributed by atoms with van der Waals surface area (Å²) in [5.41, 5.74) is 3.95. The Labute approximate surface area is 239 Å². The Morgan fingerprint density at radius 1 is 0.756 bits per heavy atom. The van der Waals surface area contributed by atoms with Crippen LogP contribution in [0.15, 0.2) is 102 Å². The number of hydrogen-bond acceptors (Lipinski definition) is 7. The number of para-hydroxylation sites is 1. The second-order valence-corrected chi connectivity index (χ2v) is 10.9. The van der Waals surface area contributed by atoms with Gasteiger partial charge in [-0.1, -0.05) is 72.8 Å². The molecule has 0 bridgehead atoms. The molecular formula is C32H31NO7S. The maximum absolute atomic E-state index is 13.5. The lowest BCUT2D eigenvalue weighted by molar-refractivity contribution is -0.191. The standard InChI is InChI=1S/C31H31NO5S.CO2/c1-36-28-16-7-6-15-27(28)31(33)32-19-9-12-23-10-8-11-24(20-23)22-38(34,35)30-21-26(17-18-29(30)37-2)25-13-4-3-5-14-25;2-1-3/h3-8,10-11,13-18,20-21H,9,12,19,22H2,1-2H3,(H,32,33);. The molecule has 0 unspecified atom stereocenters. The van der Waals surface area contributed by atoms with Gasteiger partial charge >= 0.3 is 6.15 Å². The summed E-state index contributed by atoms with van der Waals surface area (Å²) < 4.78 is 37.6. The van der Waals surface area contributed by atoms with E-state index in [2.05, 4.69) is 5.32 Å². The molecule has 9 heteroatoms. The van der Waals surface area contributed by atoms with Crippen molar-refractivity contribution in [2.75, 3.05) is 20.8 Å². The van der Waals surface area contributed by atoms with Crippen molar-refractivity contribution in [3.63, 3.8) is 0 Å². The number of benzene rings is 4. The molecule has 8 nitrogen and oxygen atoms in total. The third kappa shape index (κ3) is 8.63. The van der Waals surface area contributed by atoms with Crippen LogP contribution in [0.1, 0.15) is 27.9 Å². The van der Waals surface area contributed by atoms with Crippen LogP contribution < -0.4 is 14.8 Å². The predicted molar refractivity (Wildman–Crippen MR) is 154 cm³/mol. The molecule has 212 valence electrons. The molecule has 4 aromatic rings. The molecular weight excluding hydrogens is 542 g/mol. The van der Waals surface area contributed by atoms with E-state index >= 15 is 0 Å². The zero-order valence-electron chi connectivity index (χ0n) is 22.8. The lowest BCUT2D eigenvalue weighted by Crippen LogP contribution is -2.25. The van der Waals surface area contributed by atoms with Gasteiger partial charge in [-0.15, -0.1) is 0 Å². The molecule has 1 amide bonds. The van der Waals surface area contributed by atoms with Crippen LogP contribution in [0.5, 0.6) is 11.5 Å². The minimum Gasteiger partial charge on any atom is -0.496 e. The molecule has 4 aromatic carbocycles. The van der Waals surface area contributed by atoms with E-state index in [1.54, 1.807) is 30.3 Å². The lowest BCUT2D eigenvalue weighted by atomic mass is 10.1. The molecule has 0 radical (unpaired) electrons. The van der Waals surface area contributed by atoms with Crippen LogP contribution in [-0.4, -0.2) is 41.2 Å². The Morgan fingerprint density at radius 3 is 2.12 bits per heavy atom. The fourth-order valence-corrected chi connectivity index (χ4v) is 5.86. The third-order valence-electron chi connectivity index (χ3n) is 6.23. The highest BCUT2D eigenvalue weighted by Gasteiger charge is 2.21. The molecule has 0 saturated carbocycles. The van der Waals surface area contributed by atoms with Gasteiger partial charge in [0.25, 0.3) is 5.91 Å². The van der Waals surface area contributed by atoms with Crippen molar-refractivity contribution in [1.82, 2.24) is 5.32 Å². The molecule has 0 atom stereocenters. The minimum atomic E-state index is -3.67. The van der Waals surface area contributed by atoms with E-state index < -0.39 is 9.84 Å². The number of methoxy groups -OCH3 is 2. The number of rotatable bonds is 11. The molecule has 0 fully saturated rings. The highest BCUT2D eigenvalue weighted by Crippen LogP contribution is 2.32. The summed E-state index contributed by atoms with van der Waals surface area (Å²) in [5, 5.41) is 2.92. The fourth-order valence-electron chi connectivity index (χ4n) is 4.32. The minimum absolute atomic E-state index is 0.139. The first-order chi connectivity index (χ1) is 19.8. The van der Waals surface area contributed by atoms with E-state index in [0.29, 0.717) is 42.0 Å². The number of aryl methyl sites for hydroxylation is 1. The number of carbonyl (C=O) groups excluding carboxylic acids is 3. The number of sulfone groups is 1. The fraction of sp³-hybridized carbons (Fsp3) is 0.188. The molecule has 0 heterocycles. The largest absolute Gasteiger partial charge is 0.496 e. The van der Waals surface area contributed by atoms with Crippen LogP contribution in [0, 0.1) is 0 Å². The highest BCUT2D eigenvalue weighted by molar-refractivity contribution is 7.90. The molecule has 4 rings (SSSR count). The lowest BCUT2D eigenvalue weighted by Gasteiger charge is -2.13.